The number of carbonyl (C=O) groups is 1. The summed E-state index contributed by atoms with van der Waals surface area (Å²) in [5.41, 5.74) is 7.59. The van der Waals surface area contributed by atoms with E-state index in [9.17, 15) is 9.59 Å². The zero-order valence-electron chi connectivity index (χ0n) is 16.2. The van der Waals surface area contributed by atoms with Gasteiger partial charge in [-0.2, -0.15) is 0 Å². The van der Waals surface area contributed by atoms with Crippen molar-refractivity contribution in [3.63, 3.8) is 0 Å². The number of pyridine rings is 1. The van der Waals surface area contributed by atoms with Gasteiger partial charge in [0.15, 0.2) is 0 Å². The Bertz CT molecular complexity index is 1150. The molecule has 0 saturated heterocycles. The highest BCUT2D eigenvalue weighted by atomic mass is 16.1. The molecule has 1 amide bonds. The molecule has 7 heteroatoms. The van der Waals surface area contributed by atoms with Crippen LogP contribution in [0.5, 0.6) is 0 Å². The summed E-state index contributed by atoms with van der Waals surface area (Å²) < 4.78 is 1.89. The first-order valence-electron chi connectivity index (χ1n) is 9.41. The number of aromatic nitrogens is 3. The molecule has 0 aliphatic heterocycles. The number of rotatable bonds is 5. The van der Waals surface area contributed by atoms with Gasteiger partial charge in [0.25, 0.3) is 11.5 Å². The molecular weight excluding hydrogens is 354 g/mol. The van der Waals surface area contributed by atoms with Gasteiger partial charge in [-0.1, -0.05) is 18.2 Å². The van der Waals surface area contributed by atoms with Gasteiger partial charge in [0.05, 0.1) is 17.0 Å². The largest absolute Gasteiger partial charge is 0.365 e. The summed E-state index contributed by atoms with van der Waals surface area (Å²) in [6, 6.07) is 7.91. The van der Waals surface area contributed by atoms with E-state index in [0.717, 1.165) is 34.9 Å². The number of hydrogen-bond donors (Lipinski definition) is 2. The topological polar surface area (TPSA) is 103 Å². The quantitative estimate of drug-likeness (QED) is 0.711. The first-order chi connectivity index (χ1) is 13.4. The van der Waals surface area contributed by atoms with Crippen molar-refractivity contribution in [3.8, 4) is 0 Å². The Morgan fingerprint density at radius 1 is 1.32 bits per heavy atom. The number of nitrogens with zero attached hydrogens (tertiary/aromatic N) is 3. The number of aryl methyl sites for hydroxylation is 2. The minimum Gasteiger partial charge on any atom is -0.365 e. The lowest BCUT2D eigenvalue weighted by molar-refractivity contribution is 0.100. The van der Waals surface area contributed by atoms with Crippen LogP contribution in [0.1, 0.15) is 59.3 Å². The molecule has 0 radical (unpaired) electrons. The van der Waals surface area contributed by atoms with Crippen molar-refractivity contribution < 1.29 is 4.79 Å². The minimum absolute atomic E-state index is 0.0377. The Kier molecular flexibility index (Phi) is 4.37. The van der Waals surface area contributed by atoms with Gasteiger partial charge in [-0.05, 0) is 50.6 Å². The number of amides is 1. The molecule has 144 valence electrons. The lowest BCUT2D eigenvalue weighted by Crippen LogP contribution is -2.27. The molecule has 1 aliphatic rings. The number of anilines is 1. The fourth-order valence-corrected chi connectivity index (χ4v) is 3.65. The maximum absolute atomic E-state index is 13.3. The van der Waals surface area contributed by atoms with Gasteiger partial charge in [0, 0.05) is 17.9 Å². The van der Waals surface area contributed by atoms with E-state index in [2.05, 4.69) is 21.4 Å². The number of hydrogen-bond acceptors (Lipinski definition) is 5. The van der Waals surface area contributed by atoms with E-state index in [4.69, 9.17) is 5.73 Å². The van der Waals surface area contributed by atoms with Crippen LogP contribution in [0.4, 0.5) is 5.82 Å². The molecule has 4 rings (SSSR count). The number of nitrogens with two attached hydrogens (primary N) is 1. The molecule has 1 aromatic carbocycles. The number of nitrogens with one attached hydrogen (secondary N) is 1. The summed E-state index contributed by atoms with van der Waals surface area (Å²) >= 11 is 0. The minimum atomic E-state index is -0.594. The second-order valence-corrected chi connectivity index (χ2v) is 7.42. The van der Waals surface area contributed by atoms with Crippen molar-refractivity contribution >= 4 is 22.5 Å². The van der Waals surface area contributed by atoms with E-state index < -0.39 is 5.91 Å². The Morgan fingerprint density at radius 3 is 2.75 bits per heavy atom. The SMILES string of the molecule is Cc1ncc(C(N)=O)c(N[C@@H](C)c2cc3cccc(C)c3c(=O)n2C2CC2)n1. The Balaban J connectivity index is 1.83. The van der Waals surface area contributed by atoms with Crippen LogP contribution in [0, 0.1) is 13.8 Å². The molecule has 1 saturated carbocycles. The molecule has 0 spiro atoms. The highest BCUT2D eigenvalue weighted by molar-refractivity contribution is 5.97. The van der Waals surface area contributed by atoms with E-state index in [1.165, 1.54) is 6.20 Å². The van der Waals surface area contributed by atoms with E-state index in [0.29, 0.717) is 11.6 Å². The summed E-state index contributed by atoms with van der Waals surface area (Å²) in [5.74, 6) is 0.323. The summed E-state index contributed by atoms with van der Waals surface area (Å²) in [6.45, 7) is 5.67. The fourth-order valence-electron chi connectivity index (χ4n) is 3.65. The highest BCUT2D eigenvalue weighted by Crippen LogP contribution is 2.37. The van der Waals surface area contributed by atoms with Gasteiger partial charge < -0.3 is 15.6 Å². The molecule has 28 heavy (non-hydrogen) atoms. The van der Waals surface area contributed by atoms with Crippen molar-refractivity contribution in [2.45, 2.75) is 45.7 Å². The van der Waals surface area contributed by atoms with Crippen LogP contribution in [0.25, 0.3) is 10.8 Å². The van der Waals surface area contributed by atoms with E-state index >= 15 is 0 Å². The van der Waals surface area contributed by atoms with Gasteiger partial charge in [0.1, 0.15) is 11.6 Å². The van der Waals surface area contributed by atoms with Crippen LogP contribution >= 0.6 is 0 Å². The molecule has 1 atom stereocenters. The average molecular weight is 377 g/mol. The lowest BCUT2D eigenvalue weighted by atomic mass is 10.0. The summed E-state index contributed by atoms with van der Waals surface area (Å²) in [5, 5.41) is 4.95. The molecular formula is C21H23N5O2. The molecule has 7 nitrogen and oxygen atoms in total. The number of primary amides is 1. The smallest absolute Gasteiger partial charge is 0.259 e. The summed E-state index contributed by atoms with van der Waals surface area (Å²) in [7, 11) is 0. The summed E-state index contributed by atoms with van der Waals surface area (Å²) in [6.07, 6.45) is 3.42. The first kappa shape index (κ1) is 18.2. The summed E-state index contributed by atoms with van der Waals surface area (Å²) in [4.78, 5) is 33.4. The van der Waals surface area contributed by atoms with Gasteiger partial charge in [-0.3, -0.25) is 9.59 Å². The monoisotopic (exact) mass is 377 g/mol. The van der Waals surface area contributed by atoms with Crippen LogP contribution in [-0.4, -0.2) is 20.4 Å². The van der Waals surface area contributed by atoms with Crippen molar-refractivity contribution in [1.29, 1.82) is 0 Å². The average Bonchev–Trinajstić information content (AvgIpc) is 3.46. The van der Waals surface area contributed by atoms with Crippen LogP contribution in [0.15, 0.2) is 35.3 Å². The maximum atomic E-state index is 13.3. The molecule has 2 heterocycles. The number of fused-ring (bicyclic) bond motifs is 1. The predicted octanol–water partition coefficient (Wildman–Crippen LogP) is 3.02. The molecule has 3 N–H and O–H groups in total. The number of benzene rings is 1. The van der Waals surface area contributed by atoms with Crippen LogP contribution in [0.2, 0.25) is 0 Å². The second kappa shape index (κ2) is 6.74. The molecule has 0 unspecified atom stereocenters. The van der Waals surface area contributed by atoms with Crippen molar-refractivity contribution in [3.05, 3.63) is 63.5 Å². The molecule has 0 bridgehead atoms. The van der Waals surface area contributed by atoms with Crippen LogP contribution < -0.4 is 16.6 Å². The lowest BCUT2D eigenvalue weighted by Gasteiger charge is -2.22. The maximum Gasteiger partial charge on any atom is 0.259 e. The Hall–Kier alpha value is -3.22. The third-order valence-corrected chi connectivity index (χ3v) is 5.20. The molecule has 1 fully saturated rings. The van der Waals surface area contributed by atoms with Crippen LogP contribution in [0.3, 0.4) is 0 Å². The number of carbonyl (C=O) groups excluding carboxylic acids is 1. The normalized spacial score (nSPS) is 14.8. The van der Waals surface area contributed by atoms with Gasteiger partial charge in [0.2, 0.25) is 0 Å². The van der Waals surface area contributed by atoms with E-state index in [-0.39, 0.29) is 23.2 Å². The second-order valence-electron chi connectivity index (χ2n) is 7.42. The first-order valence-corrected chi connectivity index (χ1v) is 9.41. The Labute approximate surface area is 162 Å². The van der Waals surface area contributed by atoms with Crippen LogP contribution in [-0.2, 0) is 0 Å². The highest BCUT2D eigenvalue weighted by Gasteiger charge is 2.29. The van der Waals surface area contributed by atoms with E-state index in [1.54, 1.807) is 6.92 Å². The van der Waals surface area contributed by atoms with Gasteiger partial charge >= 0.3 is 0 Å². The van der Waals surface area contributed by atoms with E-state index in [1.807, 2.05) is 36.6 Å². The molecule has 3 aromatic rings. The van der Waals surface area contributed by atoms with Crippen molar-refractivity contribution in [2.24, 2.45) is 5.73 Å². The third kappa shape index (κ3) is 3.13. The Morgan fingerprint density at radius 2 is 2.07 bits per heavy atom. The van der Waals surface area contributed by atoms with Crippen molar-refractivity contribution in [2.75, 3.05) is 5.32 Å². The van der Waals surface area contributed by atoms with Gasteiger partial charge in [-0.15, -0.1) is 0 Å². The van der Waals surface area contributed by atoms with Gasteiger partial charge in [-0.25, -0.2) is 9.97 Å². The zero-order chi connectivity index (χ0) is 20.0. The van der Waals surface area contributed by atoms with Crippen molar-refractivity contribution in [1.82, 2.24) is 14.5 Å². The fraction of sp³-hybridized carbons (Fsp3) is 0.333. The third-order valence-electron chi connectivity index (χ3n) is 5.20. The zero-order valence-corrected chi connectivity index (χ0v) is 16.2. The molecule has 1 aliphatic carbocycles. The standard InChI is InChI=1S/C21H23N5O2/c1-11-5-4-6-14-9-17(26(15-7-8-15)21(28)18(11)14)12(2)24-20-16(19(22)27)10-23-13(3)25-20/h4-6,9-10,12,15H,7-8H2,1-3H3,(H2,22,27)(H,23,24,25)/t12-/m0/s1. The predicted molar refractivity (Wildman–Crippen MR) is 109 cm³/mol. The molecule has 2 aromatic heterocycles.